The van der Waals surface area contributed by atoms with Gasteiger partial charge in [-0.05, 0) is 100 Å². The average Bonchev–Trinajstić information content (AvgIpc) is 3.30. The minimum absolute atomic E-state index is 0.00225. The van der Waals surface area contributed by atoms with Gasteiger partial charge >= 0.3 is 17.6 Å². The van der Waals surface area contributed by atoms with E-state index in [0.717, 1.165) is 37.7 Å². The number of ether oxygens (including phenoxy) is 5. The summed E-state index contributed by atoms with van der Waals surface area (Å²) in [5.74, 6) is -0.795. The Labute approximate surface area is 269 Å². The van der Waals surface area contributed by atoms with Crippen molar-refractivity contribution in [1.29, 1.82) is 0 Å². The first-order chi connectivity index (χ1) is 21.9. The third kappa shape index (κ3) is 5.35. The minimum atomic E-state index is -0.949. The van der Waals surface area contributed by atoms with Crippen LogP contribution in [-0.2, 0) is 38.1 Å². The molecule has 46 heavy (non-hydrogen) atoms. The molecule has 5 aliphatic rings. The van der Waals surface area contributed by atoms with Crippen LogP contribution in [0.4, 0.5) is 0 Å². The van der Waals surface area contributed by atoms with E-state index in [1.54, 1.807) is 13.2 Å². The van der Waals surface area contributed by atoms with Gasteiger partial charge in [-0.15, -0.1) is 0 Å². The first-order valence-electron chi connectivity index (χ1n) is 16.8. The molecule has 2 heterocycles. The fourth-order valence-electron chi connectivity index (χ4n) is 10.5. The molecule has 11 heteroatoms. The van der Waals surface area contributed by atoms with Crippen molar-refractivity contribution >= 4 is 18.2 Å². The number of fused-ring (bicyclic) bond motifs is 5. The molecule has 8 unspecified atom stereocenters. The monoisotopic (exact) mass is 644 g/mol. The molecule has 1 aromatic rings. The van der Waals surface area contributed by atoms with Crippen LogP contribution in [0.5, 0.6) is 0 Å². The van der Waals surface area contributed by atoms with Gasteiger partial charge in [0.1, 0.15) is 12.4 Å². The first-order valence-corrected chi connectivity index (χ1v) is 16.8. The summed E-state index contributed by atoms with van der Waals surface area (Å²) in [5, 5.41) is 12.5. The maximum atomic E-state index is 13.2. The number of carbonyl (C=O) groups excluding carboxylic acids is 3. The van der Waals surface area contributed by atoms with Crippen LogP contribution >= 0.6 is 0 Å². The molecule has 1 saturated heterocycles. The van der Waals surface area contributed by atoms with E-state index in [0.29, 0.717) is 25.7 Å². The van der Waals surface area contributed by atoms with Crippen molar-refractivity contribution in [2.45, 2.75) is 134 Å². The lowest BCUT2D eigenvalue weighted by Crippen LogP contribution is -2.63. The van der Waals surface area contributed by atoms with E-state index in [4.69, 9.17) is 28.1 Å². The number of methoxy groups -OCH3 is 1. The lowest BCUT2D eigenvalue weighted by atomic mass is 9.43. The molecule has 13 atom stereocenters. The smallest absolute Gasteiger partial charge is 0.335 e. The van der Waals surface area contributed by atoms with Crippen molar-refractivity contribution in [3.8, 4) is 0 Å². The Kier molecular flexibility index (Phi) is 9.01. The van der Waals surface area contributed by atoms with Crippen LogP contribution in [-0.4, -0.2) is 72.9 Å². The summed E-state index contributed by atoms with van der Waals surface area (Å²) >= 11 is 0. The fraction of sp³-hybridized carbons (Fsp3) is 0.771. The van der Waals surface area contributed by atoms with Crippen LogP contribution in [0, 0.1) is 28.6 Å². The number of aldehydes is 1. The Morgan fingerprint density at radius 2 is 1.70 bits per heavy atom. The largest absolute Gasteiger partial charge is 0.457 e. The van der Waals surface area contributed by atoms with Gasteiger partial charge in [0.2, 0.25) is 0 Å². The maximum absolute atomic E-state index is 13.2. The summed E-state index contributed by atoms with van der Waals surface area (Å²) in [4.78, 5) is 48.7. The number of carbonyl (C=O) groups is 3. The van der Waals surface area contributed by atoms with Gasteiger partial charge < -0.3 is 38.0 Å². The summed E-state index contributed by atoms with van der Waals surface area (Å²) in [6.07, 6.45) is 5.09. The lowest BCUT2D eigenvalue weighted by molar-refractivity contribution is -0.316. The molecule has 0 spiro atoms. The summed E-state index contributed by atoms with van der Waals surface area (Å²) < 4.78 is 34.7. The molecule has 1 N–H and O–H groups in total. The molecule has 0 aromatic carbocycles. The van der Waals surface area contributed by atoms with Gasteiger partial charge in [-0.2, -0.15) is 0 Å². The molecule has 1 aliphatic heterocycles. The molecule has 11 nitrogen and oxygen atoms in total. The second-order valence-electron chi connectivity index (χ2n) is 14.7. The molecule has 0 amide bonds. The van der Waals surface area contributed by atoms with Crippen LogP contribution in [0.3, 0.4) is 0 Å². The number of rotatable bonds is 7. The van der Waals surface area contributed by atoms with Crippen LogP contribution in [0.15, 0.2) is 27.6 Å². The predicted octanol–water partition coefficient (Wildman–Crippen LogP) is 4.07. The highest BCUT2D eigenvalue weighted by Crippen LogP contribution is 2.70. The second-order valence-corrected chi connectivity index (χ2v) is 14.7. The predicted molar refractivity (Wildman–Crippen MR) is 162 cm³/mol. The molecule has 5 fully saturated rings. The lowest BCUT2D eigenvalue weighted by Gasteiger charge is -2.63. The molecule has 0 bridgehead atoms. The van der Waals surface area contributed by atoms with Crippen LogP contribution < -0.4 is 5.63 Å². The first kappa shape index (κ1) is 33.3. The van der Waals surface area contributed by atoms with Gasteiger partial charge in [-0.1, -0.05) is 6.92 Å². The van der Waals surface area contributed by atoms with Gasteiger partial charge in [0.05, 0.1) is 24.1 Å². The fourth-order valence-corrected chi connectivity index (χ4v) is 10.5. The molecule has 254 valence electrons. The topological polar surface area (TPSA) is 148 Å². The van der Waals surface area contributed by atoms with Crippen molar-refractivity contribution in [1.82, 2.24) is 0 Å². The van der Waals surface area contributed by atoms with Crippen molar-refractivity contribution in [3.63, 3.8) is 0 Å². The maximum Gasteiger partial charge on any atom is 0.335 e. The summed E-state index contributed by atoms with van der Waals surface area (Å²) in [5.41, 5.74) is -1.28. The van der Waals surface area contributed by atoms with Crippen molar-refractivity contribution < 1.29 is 47.6 Å². The summed E-state index contributed by atoms with van der Waals surface area (Å²) in [6, 6.07) is 3.29. The number of aliphatic hydroxyl groups is 1. The molecule has 1 aromatic heterocycles. The molecular formula is C35H48O11. The van der Waals surface area contributed by atoms with Crippen molar-refractivity contribution in [3.05, 3.63) is 34.4 Å². The van der Waals surface area contributed by atoms with E-state index in [-0.39, 0.29) is 40.8 Å². The standard InChI is InChI=1S/C35H48O11/c1-19-29(44-20(2)37)30(41-5)31(45-21(3)38)32(43-19)46-24-10-14-34(18-36)23(16-24)7-8-27-26(34)11-13-33(4)25(12-15-35(27,33)40)22-6-9-28(39)42-17-22/h6,9,17-19,23-27,29-32,40H,7-8,10-16H2,1-5H3/t19?,23-,24?,25-,26-,27?,29?,30?,31?,32?,33+,34+,35?/m0/s1. The van der Waals surface area contributed by atoms with E-state index in [1.165, 1.54) is 33.3 Å². The van der Waals surface area contributed by atoms with E-state index < -0.39 is 53.7 Å². The molecule has 0 radical (unpaired) electrons. The Bertz CT molecular complexity index is 1360. The van der Waals surface area contributed by atoms with Gasteiger partial charge in [0.25, 0.3) is 0 Å². The van der Waals surface area contributed by atoms with Crippen LogP contribution in [0.1, 0.15) is 97.0 Å². The summed E-state index contributed by atoms with van der Waals surface area (Å²) in [7, 11) is 1.47. The molecular weight excluding hydrogens is 596 g/mol. The average molecular weight is 645 g/mol. The van der Waals surface area contributed by atoms with Crippen molar-refractivity contribution in [2.24, 2.45) is 28.6 Å². The zero-order valence-corrected chi connectivity index (χ0v) is 27.5. The Hall–Kier alpha value is -2.60. The third-order valence-corrected chi connectivity index (χ3v) is 12.6. The zero-order chi connectivity index (χ0) is 33.0. The van der Waals surface area contributed by atoms with Gasteiger partial charge in [-0.3, -0.25) is 9.59 Å². The number of hydrogen-bond acceptors (Lipinski definition) is 11. The third-order valence-electron chi connectivity index (χ3n) is 12.6. The van der Waals surface area contributed by atoms with Crippen LogP contribution in [0.25, 0.3) is 0 Å². The van der Waals surface area contributed by atoms with Gasteiger partial charge in [0, 0.05) is 37.9 Å². The van der Waals surface area contributed by atoms with E-state index >= 15 is 0 Å². The minimum Gasteiger partial charge on any atom is -0.457 e. The normalized spacial score (nSPS) is 45.1. The zero-order valence-electron chi connectivity index (χ0n) is 27.5. The molecule has 6 rings (SSSR count). The highest BCUT2D eigenvalue weighted by Gasteiger charge is 2.68. The SMILES string of the molecule is COC1C(OC(C)=O)C(C)OC(OC2CC[C@@]3(C=O)[C@@H](CCC4[C@@H]3CC[C@]3(C)[C@H](c5ccc(=O)oc5)CCC43O)C2)C1OC(C)=O. The number of hydrogen-bond donors (Lipinski definition) is 1. The Morgan fingerprint density at radius 1 is 0.957 bits per heavy atom. The van der Waals surface area contributed by atoms with E-state index in [2.05, 4.69) is 6.92 Å². The van der Waals surface area contributed by atoms with Crippen LogP contribution in [0.2, 0.25) is 0 Å². The Balaban J connectivity index is 1.19. The summed E-state index contributed by atoms with van der Waals surface area (Å²) in [6.45, 7) is 6.55. The Morgan fingerprint density at radius 3 is 2.35 bits per heavy atom. The highest BCUT2D eigenvalue weighted by atomic mass is 16.7. The highest BCUT2D eigenvalue weighted by molar-refractivity contribution is 5.67. The molecule has 4 aliphatic carbocycles. The van der Waals surface area contributed by atoms with Crippen molar-refractivity contribution in [2.75, 3.05) is 7.11 Å². The van der Waals surface area contributed by atoms with Gasteiger partial charge in [0.15, 0.2) is 18.5 Å². The number of esters is 2. The molecule has 4 saturated carbocycles. The second kappa shape index (κ2) is 12.5. The quantitative estimate of drug-likeness (QED) is 0.260. The van der Waals surface area contributed by atoms with E-state index in [1.807, 2.05) is 6.07 Å². The van der Waals surface area contributed by atoms with Gasteiger partial charge in [-0.25, -0.2) is 4.79 Å². The van der Waals surface area contributed by atoms with E-state index in [9.17, 15) is 24.3 Å².